The van der Waals surface area contributed by atoms with Crippen LogP contribution in [-0.4, -0.2) is 17.0 Å². The summed E-state index contributed by atoms with van der Waals surface area (Å²) in [7, 11) is 1.73. The largest absolute Gasteiger partial charge is 0.373 e. The predicted molar refractivity (Wildman–Crippen MR) is 79.2 cm³/mol. The Bertz CT molecular complexity index is 831. The van der Waals surface area contributed by atoms with Crippen LogP contribution in [0.2, 0.25) is 0 Å². The fourth-order valence-corrected chi connectivity index (χ4v) is 2.15. The quantitative estimate of drug-likeness (QED) is 0.775. The van der Waals surface area contributed by atoms with Gasteiger partial charge in [0.2, 0.25) is 0 Å². The van der Waals surface area contributed by atoms with Crippen molar-refractivity contribution >= 4 is 16.7 Å². The lowest BCUT2D eigenvalue weighted by molar-refractivity contribution is 0.619. The van der Waals surface area contributed by atoms with Gasteiger partial charge < -0.3 is 5.32 Å². The van der Waals surface area contributed by atoms with E-state index in [1.807, 2.05) is 0 Å². The van der Waals surface area contributed by atoms with Crippen LogP contribution in [0.5, 0.6) is 0 Å². The van der Waals surface area contributed by atoms with Gasteiger partial charge >= 0.3 is 0 Å². The second kappa shape index (κ2) is 5.09. The lowest BCUT2D eigenvalue weighted by atomic mass is 10.1. The number of nitrogens with zero attached hydrogens (tertiary/aromatic N) is 2. The Balaban J connectivity index is 2.24. The molecular formula is C16H13F2N3. The van der Waals surface area contributed by atoms with E-state index < -0.39 is 0 Å². The summed E-state index contributed by atoms with van der Waals surface area (Å²) in [6.07, 6.45) is 0. The van der Waals surface area contributed by atoms with E-state index in [1.165, 1.54) is 18.2 Å². The van der Waals surface area contributed by atoms with Gasteiger partial charge in [0.25, 0.3) is 0 Å². The van der Waals surface area contributed by atoms with Crippen LogP contribution in [0.25, 0.3) is 22.3 Å². The van der Waals surface area contributed by atoms with Crippen molar-refractivity contribution in [2.45, 2.75) is 6.92 Å². The van der Waals surface area contributed by atoms with E-state index in [4.69, 9.17) is 0 Å². The van der Waals surface area contributed by atoms with Crippen molar-refractivity contribution in [3.63, 3.8) is 0 Å². The Hall–Kier alpha value is -2.56. The van der Waals surface area contributed by atoms with Gasteiger partial charge in [0.15, 0.2) is 5.82 Å². The van der Waals surface area contributed by atoms with E-state index in [0.29, 0.717) is 28.3 Å². The number of benzene rings is 2. The summed E-state index contributed by atoms with van der Waals surface area (Å²) in [5.74, 6) is 0.248. The van der Waals surface area contributed by atoms with Gasteiger partial charge in [-0.25, -0.2) is 18.7 Å². The highest BCUT2D eigenvalue weighted by atomic mass is 19.1. The smallest absolute Gasteiger partial charge is 0.162 e. The van der Waals surface area contributed by atoms with Crippen molar-refractivity contribution < 1.29 is 8.78 Å². The van der Waals surface area contributed by atoms with Gasteiger partial charge in [-0.15, -0.1) is 0 Å². The predicted octanol–water partition coefficient (Wildman–Crippen LogP) is 3.93. The van der Waals surface area contributed by atoms with Gasteiger partial charge in [0.1, 0.15) is 17.5 Å². The van der Waals surface area contributed by atoms with Gasteiger partial charge in [-0.05, 0) is 30.7 Å². The van der Waals surface area contributed by atoms with Crippen molar-refractivity contribution in [1.29, 1.82) is 0 Å². The van der Waals surface area contributed by atoms with E-state index in [-0.39, 0.29) is 11.6 Å². The molecule has 3 nitrogen and oxygen atoms in total. The topological polar surface area (TPSA) is 37.8 Å². The third-order valence-electron chi connectivity index (χ3n) is 3.33. The van der Waals surface area contributed by atoms with Crippen LogP contribution in [-0.2, 0) is 0 Å². The number of hydrogen-bond acceptors (Lipinski definition) is 3. The van der Waals surface area contributed by atoms with E-state index in [1.54, 1.807) is 32.2 Å². The van der Waals surface area contributed by atoms with Crippen LogP contribution in [0.4, 0.5) is 14.6 Å². The number of fused-ring (bicyclic) bond motifs is 1. The molecule has 0 unspecified atom stereocenters. The number of aromatic nitrogens is 2. The molecule has 21 heavy (non-hydrogen) atoms. The molecule has 0 bridgehead atoms. The van der Waals surface area contributed by atoms with Gasteiger partial charge in [-0.3, -0.25) is 0 Å². The maximum absolute atomic E-state index is 13.7. The van der Waals surface area contributed by atoms with Crippen LogP contribution in [0.1, 0.15) is 5.56 Å². The molecule has 1 aromatic heterocycles. The van der Waals surface area contributed by atoms with Crippen LogP contribution in [0, 0.1) is 18.6 Å². The summed E-state index contributed by atoms with van der Waals surface area (Å²) < 4.78 is 27.1. The fraction of sp³-hybridized carbons (Fsp3) is 0.125. The Morgan fingerprint density at radius 2 is 1.81 bits per heavy atom. The molecule has 0 aliphatic heterocycles. The first kappa shape index (κ1) is 13.4. The highest BCUT2D eigenvalue weighted by Crippen LogP contribution is 2.26. The fourth-order valence-electron chi connectivity index (χ4n) is 2.15. The Morgan fingerprint density at radius 3 is 2.52 bits per heavy atom. The maximum atomic E-state index is 13.7. The molecule has 1 heterocycles. The normalized spacial score (nSPS) is 10.9. The van der Waals surface area contributed by atoms with Crippen LogP contribution in [0.15, 0.2) is 36.4 Å². The molecule has 1 N–H and O–H groups in total. The van der Waals surface area contributed by atoms with Gasteiger partial charge in [0.05, 0.1) is 5.52 Å². The first-order valence-electron chi connectivity index (χ1n) is 6.50. The molecule has 0 aliphatic carbocycles. The van der Waals surface area contributed by atoms with E-state index in [9.17, 15) is 8.78 Å². The van der Waals surface area contributed by atoms with E-state index >= 15 is 0 Å². The number of anilines is 1. The zero-order valence-corrected chi connectivity index (χ0v) is 11.6. The Morgan fingerprint density at radius 1 is 1.00 bits per heavy atom. The highest BCUT2D eigenvalue weighted by Gasteiger charge is 2.10. The maximum Gasteiger partial charge on any atom is 0.162 e. The molecule has 3 aromatic rings. The van der Waals surface area contributed by atoms with Gasteiger partial charge in [-0.2, -0.15) is 0 Å². The van der Waals surface area contributed by atoms with E-state index in [0.717, 1.165) is 5.39 Å². The molecule has 3 rings (SSSR count). The summed E-state index contributed by atoms with van der Waals surface area (Å²) in [4.78, 5) is 8.71. The number of hydrogen-bond donors (Lipinski definition) is 1. The van der Waals surface area contributed by atoms with Crippen LogP contribution in [0.3, 0.4) is 0 Å². The average molecular weight is 285 g/mol. The van der Waals surface area contributed by atoms with Crippen molar-refractivity contribution in [3.05, 3.63) is 53.6 Å². The summed E-state index contributed by atoms with van der Waals surface area (Å²) in [6, 6.07) is 9.12. The van der Waals surface area contributed by atoms with Crippen LogP contribution < -0.4 is 5.32 Å². The highest BCUT2D eigenvalue weighted by molar-refractivity contribution is 5.90. The molecule has 0 atom stereocenters. The van der Waals surface area contributed by atoms with Gasteiger partial charge in [0, 0.05) is 24.1 Å². The van der Waals surface area contributed by atoms with Crippen LogP contribution >= 0.6 is 0 Å². The summed E-state index contributed by atoms with van der Waals surface area (Å²) in [5, 5.41) is 3.68. The second-order valence-electron chi connectivity index (χ2n) is 4.77. The molecule has 5 heteroatoms. The molecule has 0 amide bonds. The minimum Gasteiger partial charge on any atom is -0.373 e. The van der Waals surface area contributed by atoms with Crippen molar-refractivity contribution in [2.24, 2.45) is 0 Å². The Kier molecular flexibility index (Phi) is 3.25. The third kappa shape index (κ3) is 2.42. The SMILES string of the molecule is CNc1nc(-c2ccc(C)c(F)c2)nc2cc(F)ccc12. The molecule has 0 aliphatic rings. The standard InChI is InChI=1S/C16H13F2N3/c1-9-3-4-10(7-13(9)18)15-20-14-8-11(17)5-6-12(14)16(19-2)21-15/h3-8H,1-2H3,(H,19,20,21). The average Bonchev–Trinajstić information content (AvgIpc) is 2.48. The molecule has 0 fully saturated rings. The first-order valence-corrected chi connectivity index (χ1v) is 6.50. The summed E-state index contributed by atoms with van der Waals surface area (Å²) >= 11 is 0. The van der Waals surface area contributed by atoms with Crippen molar-refractivity contribution in [3.8, 4) is 11.4 Å². The van der Waals surface area contributed by atoms with Crippen molar-refractivity contribution in [1.82, 2.24) is 9.97 Å². The lowest BCUT2D eigenvalue weighted by Gasteiger charge is -2.09. The zero-order chi connectivity index (χ0) is 15.0. The second-order valence-corrected chi connectivity index (χ2v) is 4.77. The molecular weight excluding hydrogens is 272 g/mol. The Labute approximate surface area is 120 Å². The number of halogens is 2. The number of nitrogens with one attached hydrogen (secondary N) is 1. The molecule has 2 aromatic carbocycles. The zero-order valence-electron chi connectivity index (χ0n) is 11.6. The monoisotopic (exact) mass is 285 g/mol. The molecule has 0 spiro atoms. The molecule has 0 saturated carbocycles. The molecule has 106 valence electrons. The van der Waals surface area contributed by atoms with E-state index in [2.05, 4.69) is 15.3 Å². The lowest BCUT2D eigenvalue weighted by Crippen LogP contribution is -1.99. The number of rotatable bonds is 2. The molecule has 0 radical (unpaired) electrons. The summed E-state index contributed by atoms with van der Waals surface area (Å²) in [5.41, 5.74) is 1.59. The first-order chi connectivity index (χ1) is 10.1. The minimum atomic E-state index is -0.371. The van der Waals surface area contributed by atoms with Crippen molar-refractivity contribution in [2.75, 3.05) is 12.4 Å². The third-order valence-corrected chi connectivity index (χ3v) is 3.33. The summed E-state index contributed by atoms with van der Waals surface area (Å²) in [6.45, 7) is 1.69. The van der Waals surface area contributed by atoms with Gasteiger partial charge in [-0.1, -0.05) is 12.1 Å². The minimum absolute atomic E-state index is 0.318. The number of aryl methyl sites for hydroxylation is 1. The molecule has 0 saturated heterocycles.